The number of anilines is 1. The van der Waals surface area contributed by atoms with Crippen molar-refractivity contribution in [1.82, 2.24) is 0 Å². The predicted molar refractivity (Wildman–Crippen MR) is 55.1 cm³/mol. The highest BCUT2D eigenvalue weighted by Gasteiger charge is 2.28. The van der Waals surface area contributed by atoms with E-state index < -0.39 is 15.7 Å². The lowest BCUT2D eigenvalue weighted by Crippen LogP contribution is -2.21. The van der Waals surface area contributed by atoms with Crippen LogP contribution in [0.4, 0.5) is 18.9 Å². The van der Waals surface area contributed by atoms with Gasteiger partial charge in [0.05, 0.1) is 0 Å². The lowest BCUT2D eigenvalue weighted by Gasteiger charge is -2.07. The molecular weight excluding hydrogens is 265 g/mol. The molecule has 16 heavy (non-hydrogen) atoms. The van der Waals surface area contributed by atoms with Gasteiger partial charge < -0.3 is 0 Å². The molecule has 0 aliphatic carbocycles. The molecule has 0 aromatic heterocycles. The van der Waals surface area contributed by atoms with E-state index >= 15 is 0 Å². The maximum atomic E-state index is 11.9. The molecule has 1 aromatic rings. The molecule has 9 heteroatoms. The van der Waals surface area contributed by atoms with Gasteiger partial charge in [0.15, 0.2) is 0 Å². The Hall–Kier alpha value is -0.930. The maximum Gasteiger partial charge on any atom is 0.446 e. The molecule has 1 aromatic carbocycles. The molecule has 0 radical (unpaired) electrons. The van der Waals surface area contributed by atoms with E-state index in [1.807, 2.05) is 4.72 Å². The molecule has 90 valence electrons. The Balaban J connectivity index is 2.76. The van der Waals surface area contributed by atoms with Crippen molar-refractivity contribution in [2.75, 3.05) is 4.72 Å². The van der Waals surface area contributed by atoms with Gasteiger partial charge in [-0.15, -0.1) is 0 Å². The van der Waals surface area contributed by atoms with Crippen molar-refractivity contribution in [1.29, 1.82) is 0 Å². The smallest absolute Gasteiger partial charge is 0.271 e. The maximum absolute atomic E-state index is 11.9. The third-order valence-electron chi connectivity index (χ3n) is 1.35. The van der Waals surface area contributed by atoms with Gasteiger partial charge in [-0.2, -0.15) is 21.6 Å². The van der Waals surface area contributed by atoms with E-state index in [1.54, 1.807) is 0 Å². The van der Waals surface area contributed by atoms with Crippen LogP contribution >= 0.6 is 11.8 Å². The minimum absolute atomic E-state index is 0.0348. The first-order valence-corrected chi connectivity index (χ1v) is 6.18. The Morgan fingerprint density at radius 1 is 1.19 bits per heavy atom. The van der Waals surface area contributed by atoms with Crippen molar-refractivity contribution >= 4 is 27.7 Å². The monoisotopic (exact) mass is 272 g/mol. The summed E-state index contributed by atoms with van der Waals surface area (Å²) in [5.74, 6) is 0. The fraction of sp³-hybridized carbons (Fsp3) is 0.143. The molecule has 0 aliphatic heterocycles. The second-order valence-corrected chi connectivity index (χ2v) is 5.15. The first-order chi connectivity index (χ1) is 7.16. The van der Waals surface area contributed by atoms with Crippen LogP contribution in [0.2, 0.25) is 0 Å². The molecule has 3 N–H and O–H groups in total. The van der Waals surface area contributed by atoms with E-state index in [4.69, 9.17) is 0 Å². The highest BCUT2D eigenvalue weighted by molar-refractivity contribution is 8.00. The molecule has 0 amide bonds. The number of benzene rings is 1. The molecular formula is C7H7F3N2O2S2. The second kappa shape index (κ2) is 4.52. The third kappa shape index (κ3) is 5.24. The zero-order valence-electron chi connectivity index (χ0n) is 7.65. The lowest BCUT2D eigenvalue weighted by atomic mass is 10.3. The molecule has 0 atom stereocenters. The first-order valence-electron chi connectivity index (χ1n) is 3.82. The number of halogens is 3. The summed E-state index contributed by atoms with van der Waals surface area (Å²) in [6.45, 7) is 0. The molecule has 0 saturated heterocycles. The van der Waals surface area contributed by atoms with Crippen LogP contribution in [0, 0.1) is 0 Å². The summed E-state index contributed by atoms with van der Waals surface area (Å²) in [4.78, 5) is -0.0348. The van der Waals surface area contributed by atoms with Crippen LogP contribution in [-0.4, -0.2) is 13.9 Å². The van der Waals surface area contributed by atoms with Crippen LogP contribution in [0.15, 0.2) is 29.2 Å². The van der Waals surface area contributed by atoms with E-state index in [2.05, 4.69) is 5.14 Å². The molecule has 0 spiro atoms. The van der Waals surface area contributed by atoms with Gasteiger partial charge in [0.1, 0.15) is 0 Å². The van der Waals surface area contributed by atoms with E-state index in [-0.39, 0.29) is 22.3 Å². The van der Waals surface area contributed by atoms with Crippen molar-refractivity contribution in [2.45, 2.75) is 10.4 Å². The number of nitrogens with two attached hydrogens (primary N) is 1. The topological polar surface area (TPSA) is 72.2 Å². The summed E-state index contributed by atoms with van der Waals surface area (Å²) in [5.41, 5.74) is -4.26. The SMILES string of the molecule is NS(=O)(=O)Nc1ccc(SC(F)(F)F)cc1. The van der Waals surface area contributed by atoms with Gasteiger partial charge in [-0.1, -0.05) is 0 Å². The molecule has 0 unspecified atom stereocenters. The van der Waals surface area contributed by atoms with Gasteiger partial charge in [0.2, 0.25) is 0 Å². The molecule has 0 bridgehead atoms. The quantitative estimate of drug-likeness (QED) is 0.826. The Bertz CT molecular complexity index is 456. The average Bonchev–Trinajstić information content (AvgIpc) is 2.03. The largest absolute Gasteiger partial charge is 0.446 e. The van der Waals surface area contributed by atoms with E-state index in [9.17, 15) is 21.6 Å². The van der Waals surface area contributed by atoms with E-state index in [0.29, 0.717) is 0 Å². The Morgan fingerprint density at radius 3 is 2.06 bits per heavy atom. The zero-order chi connectivity index (χ0) is 12.4. The van der Waals surface area contributed by atoms with Crippen molar-refractivity contribution in [2.24, 2.45) is 5.14 Å². The van der Waals surface area contributed by atoms with Gasteiger partial charge in [-0.3, -0.25) is 4.72 Å². The van der Waals surface area contributed by atoms with Crippen molar-refractivity contribution in [3.63, 3.8) is 0 Å². The average molecular weight is 272 g/mol. The summed E-state index contributed by atoms with van der Waals surface area (Å²) in [6, 6.07) is 4.67. The summed E-state index contributed by atoms with van der Waals surface area (Å²) in [6.07, 6.45) is 0. The summed E-state index contributed by atoms with van der Waals surface area (Å²) < 4.78 is 59.0. The minimum atomic E-state index is -4.37. The minimum Gasteiger partial charge on any atom is -0.271 e. The lowest BCUT2D eigenvalue weighted by molar-refractivity contribution is -0.0328. The number of thioether (sulfide) groups is 1. The Labute approximate surface area is 94.2 Å². The number of nitrogens with one attached hydrogen (secondary N) is 1. The van der Waals surface area contributed by atoms with E-state index in [1.165, 1.54) is 12.1 Å². The first kappa shape index (κ1) is 13.1. The van der Waals surface area contributed by atoms with E-state index in [0.717, 1.165) is 12.1 Å². The third-order valence-corrected chi connectivity index (χ3v) is 2.61. The number of rotatable bonds is 3. The molecule has 0 fully saturated rings. The highest BCUT2D eigenvalue weighted by Crippen LogP contribution is 2.36. The summed E-state index contributed by atoms with van der Waals surface area (Å²) >= 11 is -0.281. The van der Waals surface area contributed by atoms with Crippen LogP contribution < -0.4 is 9.86 Å². The van der Waals surface area contributed by atoms with Crippen LogP contribution in [0.3, 0.4) is 0 Å². The van der Waals surface area contributed by atoms with Gasteiger partial charge >= 0.3 is 5.51 Å². The zero-order valence-corrected chi connectivity index (χ0v) is 9.29. The molecule has 0 heterocycles. The van der Waals surface area contributed by atoms with Crippen molar-refractivity contribution in [3.05, 3.63) is 24.3 Å². The highest BCUT2D eigenvalue weighted by atomic mass is 32.2. The fourth-order valence-corrected chi connectivity index (χ4v) is 1.89. The molecule has 4 nitrogen and oxygen atoms in total. The predicted octanol–water partition coefficient (Wildman–Crippen LogP) is 1.91. The van der Waals surface area contributed by atoms with Crippen LogP contribution in [-0.2, 0) is 10.2 Å². The number of hydrogen-bond donors (Lipinski definition) is 2. The van der Waals surface area contributed by atoms with Crippen LogP contribution in [0.25, 0.3) is 0 Å². The van der Waals surface area contributed by atoms with Crippen molar-refractivity contribution in [3.8, 4) is 0 Å². The van der Waals surface area contributed by atoms with Crippen molar-refractivity contribution < 1.29 is 21.6 Å². The Kier molecular flexibility index (Phi) is 3.71. The second-order valence-electron chi connectivity index (χ2n) is 2.72. The van der Waals surface area contributed by atoms with Gasteiger partial charge in [-0.25, -0.2) is 5.14 Å². The van der Waals surface area contributed by atoms with Gasteiger partial charge in [0, 0.05) is 10.6 Å². The van der Waals surface area contributed by atoms with Crippen LogP contribution in [0.5, 0.6) is 0 Å². The summed E-state index contributed by atoms with van der Waals surface area (Å²) in [5, 5.41) is 4.68. The standard InChI is InChI=1S/C7H7F3N2O2S2/c8-7(9,10)15-6-3-1-5(2-4-6)12-16(11,13)14/h1-4,12H,(H2,11,13,14). The number of hydrogen-bond acceptors (Lipinski definition) is 3. The molecule has 0 saturated carbocycles. The fourth-order valence-electron chi connectivity index (χ4n) is 0.889. The van der Waals surface area contributed by atoms with Gasteiger partial charge in [0.25, 0.3) is 10.2 Å². The van der Waals surface area contributed by atoms with Gasteiger partial charge in [-0.05, 0) is 36.0 Å². The number of alkyl halides is 3. The molecule has 0 aliphatic rings. The summed E-state index contributed by atoms with van der Waals surface area (Å²) in [7, 11) is -3.90. The molecule has 1 rings (SSSR count). The normalized spacial score (nSPS) is 12.5. The Morgan fingerprint density at radius 2 is 1.69 bits per heavy atom. The van der Waals surface area contributed by atoms with Crippen LogP contribution in [0.1, 0.15) is 0 Å².